The van der Waals surface area contributed by atoms with Gasteiger partial charge in [0, 0.05) is 29.7 Å². The zero-order chi connectivity index (χ0) is 19.4. The van der Waals surface area contributed by atoms with Crippen molar-refractivity contribution in [2.45, 2.75) is 25.9 Å². The Kier molecular flexibility index (Phi) is 5.86. The molecule has 1 saturated heterocycles. The van der Waals surface area contributed by atoms with Crippen LogP contribution in [0.25, 0.3) is 0 Å². The Morgan fingerprint density at radius 1 is 1.26 bits per heavy atom. The Morgan fingerprint density at radius 3 is 2.78 bits per heavy atom. The number of rotatable bonds is 6. The lowest BCUT2D eigenvalue weighted by Crippen LogP contribution is -2.30. The fraction of sp³-hybridized carbons (Fsp3) is 0.300. The maximum Gasteiger partial charge on any atom is 0.265 e. The third-order valence-corrected chi connectivity index (χ3v) is 4.54. The monoisotopic (exact) mass is 388 g/mol. The third kappa shape index (κ3) is 4.52. The molecule has 0 aliphatic carbocycles. The Hall–Kier alpha value is -2.73. The topological polar surface area (TPSA) is 67.9 Å². The average Bonchev–Trinajstić information content (AvgIpc) is 3.08. The van der Waals surface area contributed by atoms with E-state index in [-0.39, 0.29) is 11.8 Å². The molecule has 0 bridgehead atoms. The Labute approximate surface area is 163 Å². The van der Waals surface area contributed by atoms with Gasteiger partial charge < -0.3 is 19.7 Å². The van der Waals surface area contributed by atoms with Crippen LogP contribution in [0.4, 0.5) is 11.4 Å². The second-order valence-electron chi connectivity index (χ2n) is 6.24. The number of carbonyl (C=O) groups is 2. The molecule has 6 nitrogen and oxygen atoms in total. The lowest BCUT2D eigenvalue weighted by atomic mass is 10.2. The summed E-state index contributed by atoms with van der Waals surface area (Å²) in [6, 6.07) is 12.2. The largest absolute Gasteiger partial charge is 0.495 e. The zero-order valence-corrected chi connectivity index (χ0v) is 16.0. The number of benzene rings is 2. The Bertz CT molecular complexity index is 856. The smallest absolute Gasteiger partial charge is 0.265 e. The molecule has 142 valence electrons. The number of amides is 2. The quantitative estimate of drug-likeness (QED) is 0.815. The van der Waals surface area contributed by atoms with E-state index in [2.05, 4.69) is 5.32 Å². The molecular formula is C20H21ClN2O4. The van der Waals surface area contributed by atoms with Crippen molar-refractivity contribution in [2.75, 3.05) is 23.9 Å². The van der Waals surface area contributed by atoms with E-state index in [0.717, 1.165) is 12.1 Å². The fourth-order valence-electron chi connectivity index (χ4n) is 2.92. The number of carbonyl (C=O) groups excluding carboxylic acids is 2. The maximum atomic E-state index is 12.5. The minimum absolute atomic E-state index is 0.103. The van der Waals surface area contributed by atoms with Crippen LogP contribution in [0.2, 0.25) is 5.02 Å². The van der Waals surface area contributed by atoms with Crippen molar-refractivity contribution in [3.05, 3.63) is 47.5 Å². The van der Waals surface area contributed by atoms with Gasteiger partial charge in [-0.3, -0.25) is 9.59 Å². The maximum absolute atomic E-state index is 12.5. The van der Waals surface area contributed by atoms with Gasteiger partial charge in [-0.25, -0.2) is 0 Å². The van der Waals surface area contributed by atoms with Crippen molar-refractivity contribution >= 4 is 34.8 Å². The van der Waals surface area contributed by atoms with Crippen molar-refractivity contribution in [3.63, 3.8) is 0 Å². The number of halogens is 1. The first kappa shape index (κ1) is 19.0. The van der Waals surface area contributed by atoms with Crippen molar-refractivity contribution in [1.29, 1.82) is 0 Å². The summed E-state index contributed by atoms with van der Waals surface area (Å²) in [5.74, 6) is 0.798. The highest BCUT2D eigenvalue weighted by Crippen LogP contribution is 2.29. The van der Waals surface area contributed by atoms with Crippen LogP contribution in [-0.2, 0) is 9.59 Å². The summed E-state index contributed by atoms with van der Waals surface area (Å²) in [5.41, 5.74) is 1.25. The van der Waals surface area contributed by atoms with Gasteiger partial charge in [-0.2, -0.15) is 0 Å². The van der Waals surface area contributed by atoms with Gasteiger partial charge in [0.15, 0.2) is 6.10 Å². The molecular weight excluding hydrogens is 368 g/mol. The molecule has 1 fully saturated rings. The fourth-order valence-corrected chi connectivity index (χ4v) is 3.09. The third-order valence-electron chi connectivity index (χ3n) is 4.30. The predicted octanol–water partition coefficient (Wildman–Crippen LogP) is 3.88. The van der Waals surface area contributed by atoms with Gasteiger partial charge in [-0.1, -0.05) is 17.7 Å². The molecule has 27 heavy (non-hydrogen) atoms. The first-order valence-electron chi connectivity index (χ1n) is 8.69. The lowest BCUT2D eigenvalue weighted by molar-refractivity contribution is -0.122. The highest BCUT2D eigenvalue weighted by atomic mass is 35.5. The van der Waals surface area contributed by atoms with E-state index >= 15 is 0 Å². The number of methoxy groups -OCH3 is 1. The zero-order valence-electron chi connectivity index (χ0n) is 15.2. The number of nitrogens with zero attached hydrogens (tertiary/aromatic N) is 1. The number of hydrogen-bond donors (Lipinski definition) is 1. The molecule has 2 aromatic rings. The normalized spacial score (nSPS) is 14.8. The molecule has 0 saturated carbocycles. The van der Waals surface area contributed by atoms with Crippen LogP contribution >= 0.6 is 11.6 Å². The van der Waals surface area contributed by atoms with E-state index in [4.69, 9.17) is 21.1 Å². The molecule has 2 aromatic carbocycles. The van der Waals surface area contributed by atoms with Crippen molar-refractivity contribution in [2.24, 2.45) is 0 Å². The molecule has 3 rings (SSSR count). The second-order valence-corrected chi connectivity index (χ2v) is 6.68. The first-order valence-corrected chi connectivity index (χ1v) is 9.07. The number of nitrogens with one attached hydrogen (secondary N) is 1. The predicted molar refractivity (Wildman–Crippen MR) is 105 cm³/mol. The van der Waals surface area contributed by atoms with Gasteiger partial charge in [0.25, 0.3) is 5.91 Å². The van der Waals surface area contributed by atoms with Gasteiger partial charge in [-0.15, -0.1) is 0 Å². The SMILES string of the molecule is COc1ccc(Cl)cc1NC(=O)[C@@H](C)Oc1cccc(N2CCCC2=O)c1. The van der Waals surface area contributed by atoms with E-state index in [1.54, 1.807) is 48.2 Å². The van der Waals surface area contributed by atoms with Crippen LogP contribution in [0.5, 0.6) is 11.5 Å². The molecule has 1 aliphatic rings. The summed E-state index contributed by atoms with van der Waals surface area (Å²) >= 11 is 5.99. The summed E-state index contributed by atoms with van der Waals surface area (Å²) in [4.78, 5) is 26.1. The number of hydrogen-bond acceptors (Lipinski definition) is 4. The van der Waals surface area contributed by atoms with Crippen LogP contribution in [-0.4, -0.2) is 31.6 Å². The summed E-state index contributed by atoms with van der Waals surface area (Å²) in [7, 11) is 1.52. The highest BCUT2D eigenvalue weighted by molar-refractivity contribution is 6.31. The van der Waals surface area contributed by atoms with E-state index < -0.39 is 6.10 Å². The van der Waals surface area contributed by atoms with Gasteiger partial charge in [0.1, 0.15) is 11.5 Å². The highest BCUT2D eigenvalue weighted by Gasteiger charge is 2.22. The summed E-state index contributed by atoms with van der Waals surface area (Å²) in [6.45, 7) is 2.35. The van der Waals surface area contributed by atoms with Crippen molar-refractivity contribution < 1.29 is 19.1 Å². The molecule has 0 spiro atoms. The number of anilines is 2. The molecule has 0 aromatic heterocycles. The molecule has 2 amide bonds. The summed E-state index contributed by atoms with van der Waals surface area (Å²) < 4.78 is 11.0. The van der Waals surface area contributed by atoms with Crippen LogP contribution in [0.3, 0.4) is 0 Å². The van der Waals surface area contributed by atoms with Gasteiger partial charge >= 0.3 is 0 Å². The molecule has 1 aliphatic heterocycles. The molecule has 1 atom stereocenters. The molecule has 0 radical (unpaired) electrons. The summed E-state index contributed by atoms with van der Waals surface area (Å²) in [5, 5.41) is 3.25. The summed E-state index contributed by atoms with van der Waals surface area (Å²) in [6.07, 6.45) is 0.661. The Morgan fingerprint density at radius 2 is 2.07 bits per heavy atom. The average molecular weight is 389 g/mol. The van der Waals surface area contributed by atoms with Crippen LogP contribution in [0.15, 0.2) is 42.5 Å². The molecule has 0 unspecified atom stereocenters. The first-order chi connectivity index (χ1) is 13.0. The van der Waals surface area contributed by atoms with Crippen molar-refractivity contribution in [3.8, 4) is 11.5 Å². The minimum atomic E-state index is -0.752. The number of ether oxygens (including phenoxy) is 2. The van der Waals surface area contributed by atoms with E-state index in [1.807, 2.05) is 6.07 Å². The van der Waals surface area contributed by atoms with Crippen molar-refractivity contribution in [1.82, 2.24) is 0 Å². The van der Waals surface area contributed by atoms with Gasteiger partial charge in [0.05, 0.1) is 12.8 Å². The molecule has 1 N–H and O–H groups in total. The van der Waals surface area contributed by atoms with Crippen LogP contribution in [0, 0.1) is 0 Å². The van der Waals surface area contributed by atoms with E-state index in [0.29, 0.717) is 35.2 Å². The van der Waals surface area contributed by atoms with Crippen LogP contribution in [0.1, 0.15) is 19.8 Å². The molecule has 7 heteroatoms. The second kappa shape index (κ2) is 8.31. The minimum Gasteiger partial charge on any atom is -0.495 e. The lowest BCUT2D eigenvalue weighted by Gasteiger charge is -2.19. The molecule has 1 heterocycles. The standard InChI is InChI=1S/C20H21ClN2O4/c1-13(20(25)22-17-11-14(21)8-9-18(17)26-2)27-16-6-3-5-15(12-16)23-10-4-7-19(23)24/h3,5-6,8-9,11-13H,4,7,10H2,1-2H3,(H,22,25)/t13-/m1/s1. The van der Waals surface area contributed by atoms with E-state index in [9.17, 15) is 9.59 Å². The van der Waals surface area contributed by atoms with Gasteiger partial charge in [0.2, 0.25) is 5.91 Å². The van der Waals surface area contributed by atoms with Crippen LogP contribution < -0.4 is 19.7 Å². The van der Waals surface area contributed by atoms with E-state index in [1.165, 1.54) is 7.11 Å². The Balaban J connectivity index is 1.68. The van der Waals surface area contributed by atoms with Gasteiger partial charge in [-0.05, 0) is 43.7 Å².